The van der Waals surface area contributed by atoms with E-state index in [0.717, 1.165) is 16.7 Å². The van der Waals surface area contributed by atoms with Gasteiger partial charge in [0.25, 0.3) is 11.1 Å². The number of rotatable bonds is 7. The minimum absolute atomic E-state index is 0.0192. The fraction of sp³-hybridized carbons (Fsp3) is 0.115. The van der Waals surface area contributed by atoms with E-state index in [9.17, 15) is 14.4 Å². The van der Waals surface area contributed by atoms with Gasteiger partial charge in [0, 0.05) is 10.0 Å². The number of ether oxygens (including phenoxy) is 3. The zero-order valence-corrected chi connectivity index (χ0v) is 21.4. The van der Waals surface area contributed by atoms with Crippen molar-refractivity contribution in [1.29, 1.82) is 0 Å². The van der Waals surface area contributed by atoms with Crippen LogP contribution in [0.1, 0.15) is 21.5 Å². The highest BCUT2D eigenvalue weighted by Gasteiger charge is 2.35. The zero-order chi connectivity index (χ0) is 25.8. The third kappa shape index (κ3) is 5.67. The summed E-state index contributed by atoms with van der Waals surface area (Å²) in [5.41, 5.74) is 1.47. The van der Waals surface area contributed by atoms with Crippen molar-refractivity contribution in [2.24, 2.45) is 0 Å². The van der Waals surface area contributed by atoms with E-state index >= 15 is 0 Å². The molecule has 36 heavy (non-hydrogen) atoms. The average molecular weight is 544 g/mol. The number of imide groups is 1. The molecule has 1 fully saturated rings. The highest BCUT2D eigenvalue weighted by Crippen LogP contribution is 2.36. The molecule has 2 amide bonds. The molecule has 0 aliphatic carbocycles. The lowest BCUT2D eigenvalue weighted by Crippen LogP contribution is -2.27. The van der Waals surface area contributed by atoms with E-state index in [4.69, 9.17) is 37.4 Å². The molecule has 1 aliphatic heterocycles. The maximum absolute atomic E-state index is 13.0. The molecular formula is C26H19Cl2NO6S. The molecule has 0 atom stereocenters. The maximum atomic E-state index is 13.0. The third-order valence-electron chi connectivity index (χ3n) is 5.23. The summed E-state index contributed by atoms with van der Waals surface area (Å²) in [7, 11) is 2.98. The Morgan fingerprint density at radius 2 is 1.69 bits per heavy atom. The number of hydrogen-bond donors (Lipinski definition) is 0. The van der Waals surface area contributed by atoms with Crippen LogP contribution in [0.5, 0.6) is 17.2 Å². The number of methoxy groups -OCH3 is 2. The summed E-state index contributed by atoms with van der Waals surface area (Å²) >= 11 is 12.9. The monoisotopic (exact) mass is 543 g/mol. The Morgan fingerprint density at radius 3 is 2.36 bits per heavy atom. The normalized spacial score (nSPS) is 14.3. The van der Waals surface area contributed by atoms with Crippen LogP contribution >= 0.6 is 35.0 Å². The first-order valence-corrected chi connectivity index (χ1v) is 12.1. The predicted molar refractivity (Wildman–Crippen MR) is 139 cm³/mol. The summed E-state index contributed by atoms with van der Waals surface area (Å²) in [6, 6.07) is 16.2. The predicted octanol–water partition coefficient (Wildman–Crippen LogP) is 6.47. The lowest BCUT2D eigenvalue weighted by Gasteiger charge is -2.13. The Balaban J connectivity index is 1.54. The van der Waals surface area contributed by atoms with Crippen LogP contribution in [0.2, 0.25) is 10.0 Å². The Hall–Kier alpha value is -3.46. The van der Waals surface area contributed by atoms with E-state index < -0.39 is 17.1 Å². The Kier molecular flexibility index (Phi) is 7.88. The Labute approximate surface area is 221 Å². The van der Waals surface area contributed by atoms with Gasteiger partial charge < -0.3 is 14.2 Å². The molecular weight excluding hydrogens is 525 g/mol. The van der Waals surface area contributed by atoms with E-state index in [1.54, 1.807) is 66.7 Å². The van der Waals surface area contributed by atoms with Gasteiger partial charge in [-0.3, -0.25) is 14.5 Å². The van der Waals surface area contributed by atoms with Gasteiger partial charge in [-0.15, -0.1) is 0 Å². The standard InChI is InChI=1S/C26H19Cl2NO6S/c1-33-19-8-5-16(6-9-19)25(31)35-22-11-15(3-10-21(22)34-2)12-23-24(30)29(26(32)36-23)14-17-4-7-18(27)13-20(17)28/h3-13H,14H2,1-2H3/b23-12-. The third-order valence-corrected chi connectivity index (χ3v) is 6.73. The van der Waals surface area contributed by atoms with Crippen LogP contribution in [0, 0.1) is 0 Å². The van der Waals surface area contributed by atoms with Crippen molar-refractivity contribution in [3.05, 3.63) is 92.3 Å². The highest BCUT2D eigenvalue weighted by molar-refractivity contribution is 8.18. The van der Waals surface area contributed by atoms with Crippen molar-refractivity contribution in [2.75, 3.05) is 14.2 Å². The molecule has 0 saturated carbocycles. The molecule has 7 nitrogen and oxygen atoms in total. The summed E-state index contributed by atoms with van der Waals surface area (Å²) in [6.07, 6.45) is 1.55. The molecule has 0 aromatic heterocycles. The maximum Gasteiger partial charge on any atom is 0.343 e. The molecule has 0 unspecified atom stereocenters. The van der Waals surface area contributed by atoms with Crippen molar-refractivity contribution < 1.29 is 28.6 Å². The number of amides is 2. The molecule has 0 radical (unpaired) electrons. The van der Waals surface area contributed by atoms with Gasteiger partial charge in [0.05, 0.1) is 31.2 Å². The minimum Gasteiger partial charge on any atom is -0.497 e. The summed E-state index contributed by atoms with van der Waals surface area (Å²) in [6.45, 7) is 0.0192. The molecule has 1 aliphatic rings. The molecule has 0 bridgehead atoms. The van der Waals surface area contributed by atoms with Gasteiger partial charge in [-0.25, -0.2) is 4.79 Å². The van der Waals surface area contributed by atoms with Crippen LogP contribution in [0.25, 0.3) is 6.08 Å². The fourth-order valence-corrected chi connectivity index (χ4v) is 4.66. The van der Waals surface area contributed by atoms with Gasteiger partial charge in [0.1, 0.15) is 5.75 Å². The SMILES string of the molecule is COc1ccc(C(=O)Oc2cc(/C=C3\SC(=O)N(Cc4ccc(Cl)cc4Cl)C3=O)ccc2OC)cc1. The molecule has 0 N–H and O–H groups in total. The van der Waals surface area contributed by atoms with Crippen LogP contribution in [0.4, 0.5) is 4.79 Å². The zero-order valence-electron chi connectivity index (χ0n) is 19.1. The number of carbonyl (C=O) groups excluding carboxylic acids is 3. The van der Waals surface area contributed by atoms with Crippen LogP contribution in [0.3, 0.4) is 0 Å². The molecule has 1 saturated heterocycles. The van der Waals surface area contributed by atoms with Crippen molar-refractivity contribution in [3.8, 4) is 17.2 Å². The van der Waals surface area contributed by atoms with Crippen LogP contribution < -0.4 is 14.2 Å². The molecule has 10 heteroatoms. The van der Waals surface area contributed by atoms with Crippen molar-refractivity contribution in [2.45, 2.75) is 6.54 Å². The smallest absolute Gasteiger partial charge is 0.343 e. The number of halogens is 2. The average Bonchev–Trinajstić information content (AvgIpc) is 3.13. The highest BCUT2D eigenvalue weighted by atomic mass is 35.5. The van der Waals surface area contributed by atoms with Gasteiger partial charge in [-0.05, 0) is 77.5 Å². The molecule has 184 valence electrons. The second-order valence-corrected chi connectivity index (χ2v) is 9.37. The summed E-state index contributed by atoms with van der Waals surface area (Å²) in [5.74, 6) is 0.0639. The first-order chi connectivity index (χ1) is 17.3. The van der Waals surface area contributed by atoms with Crippen LogP contribution in [0.15, 0.2) is 65.6 Å². The minimum atomic E-state index is -0.590. The second-order valence-electron chi connectivity index (χ2n) is 7.53. The number of hydrogen-bond acceptors (Lipinski definition) is 7. The van der Waals surface area contributed by atoms with Crippen molar-refractivity contribution >= 4 is 58.2 Å². The Morgan fingerprint density at radius 1 is 0.944 bits per heavy atom. The van der Waals surface area contributed by atoms with Gasteiger partial charge >= 0.3 is 5.97 Å². The van der Waals surface area contributed by atoms with E-state index in [1.807, 2.05) is 0 Å². The van der Waals surface area contributed by atoms with E-state index in [1.165, 1.54) is 14.2 Å². The second kappa shape index (κ2) is 11.1. The number of carbonyl (C=O) groups is 3. The van der Waals surface area contributed by atoms with E-state index in [-0.39, 0.29) is 17.2 Å². The molecule has 1 heterocycles. The first kappa shape index (κ1) is 25.6. The molecule has 3 aromatic rings. The quantitative estimate of drug-likeness (QED) is 0.192. The van der Waals surface area contributed by atoms with Gasteiger partial charge in [-0.1, -0.05) is 35.3 Å². The fourth-order valence-electron chi connectivity index (χ4n) is 3.36. The summed E-state index contributed by atoms with van der Waals surface area (Å²) < 4.78 is 16.0. The number of esters is 1. The number of benzene rings is 3. The lowest BCUT2D eigenvalue weighted by atomic mass is 10.1. The summed E-state index contributed by atoms with van der Waals surface area (Å²) in [5, 5.41) is 0.404. The summed E-state index contributed by atoms with van der Waals surface area (Å²) in [4.78, 5) is 39.5. The van der Waals surface area contributed by atoms with Gasteiger partial charge in [0.2, 0.25) is 0 Å². The Bertz CT molecular complexity index is 1370. The lowest BCUT2D eigenvalue weighted by molar-refractivity contribution is -0.123. The number of thioether (sulfide) groups is 1. The molecule has 0 spiro atoms. The largest absolute Gasteiger partial charge is 0.497 e. The van der Waals surface area contributed by atoms with E-state index in [0.29, 0.717) is 38.2 Å². The molecule has 4 rings (SSSR count). The van der Waals surface area contributed by atoms with Gasteiger partial charge in [0.15, 0.2) is 11.5 Å². The van der Waals surface area contributed by atoms with Crippen LogP contribution in [-0.2, 0) is 11.3 Å². The van der Waals surface area contributed by atoms with Crippen LogP contribution in [-0.4, -0.2) is 36.2 Å². The van der Waals surface area contributed by atoms with Gasteiger partial charge in [-0.2, -0.15) is 0 Å². The van der Waals surface area contributed by atoms with Crippen molar-refractivity contribution in [3.63, 3.8) is 0 Å². The topological polar surface area (TPSA) is 82.1 Å². The molecule has 3 aromatic carbocycles. The first-order valence-electron chi connectivity index (χ1n) is 10.5. The van der Waals surface area contributed by atoms with Crippen molar-refractivity contribution in [1.82, 2.24) is 4.90 Å². The number of nitrogens with zero attached hydrogens (tertiary/aromatic N) is 1. The van der Waals surface area contributed by atoms with E-state index in [2.05, 4.69) is 0 Å².